The molecule has 0 spiro atoms. The third-order valence-corrected chi connectivity index (χ3v) is 6.25. The van der Waals surface area contributed by atoms with Crippen LogP contribution in [0, 0.1) is 0 Å². The second-order valence-electron chi connectivity index (χ2n) is 7.36. The van der Waals surface area contributed by atoms with Crippen molar-refractivity contribution in [3.8, 4) is 5.75 Å². The number of anilines is 3. The molecule has 4 rings (SSSR count). The molecule has 0 unspecified atom stereocenters. The maximum absolute atomic E-state index is 12.5. The van der Waals surface area contributed by atoms with Crippen LogP contribution in [0.4, 0.5) is 17.1 Å². The van der Waals surface area contributed by atoms with E-state index in [0.717, 1.165) is 22.6 Å². The lowest BCUT2D eigenvalue weighted by Crippen LogP contribution is -2.18. The predicted octanol–water partition coefficient (Wildman–Crippen LogP) is 5.87. The van der Waals surface area contributed by atoms with Gasteiger partial charge >= 0.3 is 0 Å². The molecule has 0 aliphatic heterocycles. The van der Waals surface area contributed by atoms with Crippen LogP contribution in [0.15, 0.2) is 119 Å². The fourth-order valence-corrected chi connectivity index (χ4v) is 4.21. The average Bonchev–Trinajstić information content (AvgIpc) is 2.87. The van der Waals surface area contributed by atoms with Crippen molar-refractivity contribution in [3.05, 3.63) is 115 Å². The molecule has 0 atom stereocenters. The molecular weight excluding hydrogens is 446 g/mol. The Labute approximate surface area is 200 Å². The highest BCUT2D eigenvalue weighted by molar-refractivity contribution is 7.89. The van der Waals surface area contributed by atoms with Gasteiger partial charge in [-0.05, 0) is 73.2 Å². The molecule has 172 valence electrons. The van der Waals surface area contributed by atoms with E-state index in [4.69, 9.17) is 4.74 Å². The molecule has 0 heterocycles. The maximum Gasteiger partial charge on any atom is 0.276 e. The van der Waals surface area contributed by atoms with Gasteiger partial charge in [0, 0.05) is 17.1 Å². The maximum atomic E-state index is 12.5. The first-order chi connectivity index (χ1) is 16.6. The lowest BCUT2D eigenvalue weighted by atomic mass is 10.1. The van der Waals surface area contributed by atoms with Gasteiger partial charge in [0.25, 0.3) is 10.0 Å². The van der Waals surface area contributed by atoms with Crippen LogP contribution in [0.1, 0.15) is 12.5 Å². The fraction of sp³-hybridized carbons (Fsp3) is 0.0741. The Hall–Kier alpha value is -4.10. The molecule has 0 amide bonds. The molecule has 1 N–H and O–H groups in total. The molecule has 0 aliphatic carbocycles. The van der Waals surface area contributed by atoms with Gasteiger partial charge in [0.1, 0.15) is 5.75 Å². The molecule has 0 radical (unpaired) electrons. The monoisotopic (exact) mass is 471 g/mol. The Balaban J connectivity index is 1.49. The van der Waals surface area contributed by atoms with E-state index in [2.05, 4.69) is 39.1 Å². The molecular formula is C27H25N3O3S. The minimum absolute atomic E-state index is 0.116. The zero-order valence-corrected chi connectivity index (χ0v) is 19.5. The van der Waals surface area contributed by atoms with E-state index in [1.165, 1.54) is 18.3 Å². The second kappa shape index (κ2) is 10.7. The van der Waals surface area contributed by atoms with Crippen LogP contribution in [0.25, 0.3) is 0 Å². The van der Waals surface area contributed by atoms with E-state index in [9.17, 15) is 8.42 Å². The van der Waals surface area contributed by atoms with Gasteiger partial charge in [-0.25, -0.2) is 4.83 Å². The van der Waals surface area contributed by atoms with Crippen LogP contribution in [-0.2, 0) is 10.0 Å². The molecule has 0 fully saturated rings. The van der Waals surface area contributed by atoms with Crippen LogP contribution >= 0.6 is 0 Å². The molecule has 0 saturated heterocycles. The van der Waals surface area contributed by atoms with Gasteiger partial charge in [0.15, 0.2) is 0 Å². The fourth-order valence-electron chi connectivity index (χ4n) is 3.42. The number of hydrogen-bond acceptors (Lipinski definition) is 5. The van der Waals surface area contributed by atoms with Gasteiger partial charge in [-0.15, -0.1) is 0 Å². The number of benzene rings is 4. The topological polar surface area (TPSA) is 71.0 Å². The van der Waals surface area contributed by atoms with Crippen molar-refractivity contribution in [1.29, 1.82) is 0 Å². The normalized spacial score (nSPS) is 11.3. The zero-order valence-electron chi connectivity index (χ0n) is 18.7. The number of ether oxygens (including phenoxy) is 1. The van der Waals surface area contributed by atoms with Crippen LogP contribution in [0.5, 0.6) is 5.75 Å². The van der Waals surface area contributed by atoms with Gasteiger partial charge in [-0.2, -0.15) is 13.5 Å². The highest BCUT2D eigenvalue weighted by Crippen LogP contribution is 2.33. The Bertz CT molecular complexity index is 1280. The highest BCUT2D eigenvalue weighted by atomic mass is 32.2. The highest BCUT2D eigenvalue weighted by Gasteiger charge is 2.13. The smallest absolute Gasteiger partial charge is 0.276 e. The van der Waals surface area contributed by atoms with Gasteiger partial charge < -0.3 is 9.64 Å². The van der Waals surface area contributed by atoms with Crippen molar-refractivity contribution in [2.45, 2.75) is 11.8 Å². The summed E-state index contributed by atoms with van der Waals surface area (Å²) in [5, 5.41) is 3.93. The summed E-state index contributed by atoms with van der Waals surface area (Å²) in [6.45, 7) is 2.39. The standard InChI is InChI=1S/C27H25N3O3S/c1-2-33-26-17-19-27(20-18-26)34(31,32)29-28-21-22-13-15-25(16-14-22)30(23-9-5-3-6-10-23)24-11-7-4-8-12-24/h3-21,29H,2H2,1H3. The van der Waals surface area contributed by atoms with Crippen LogP contribution in [0.2, 0.25) is 0 Å². The van der Waals surface area contributed by atoms with Crippen molar-refractivity contribution in [2.24, 2.45) is 5.10 Å². The molecule has 4 aromatic carbocycles. The molecule has 0 saturated carbocycles. The van der Waals surface area contributed by atoms with Gasteiger partial charge in [0.2, 0.25) is 0 Å². The summed E-state index contributed by atoms with van der Waals surface area (Å²) in [5.41, 5.74) is 3.82. The number of para-hydroxylation sites is 2. The third kappa shape index (κ3) is 5.63. The van der Waals surface area contributed by atoms with Crippen LogP contribution < -0.4 is 14.5 Å². The molecule has 0 aliphatic rings. The minimum atomic E-state index is -3.77. The van der Waals surface area contributed by atoms with Gasteiger partial charge in [-0.1, -0.05) is 48.5 Å². The number of nitrogens with one attached hydrogen (secondary N) is 1. The molecule has 0 aromatic heterocycles. The first-order valence-electron chi connectivity index (χ1n) is 10.8. The summed E-state index contributed by atoms with van der Waals surface area (Å²) in [4.78, 5) is 4.52. The van der Waals surface area contributed by atoms with E-state index in [-0.39, 0.29) is 4.90 Å². The number of hydrogen-bond donors (Lipinski definition) is 1. The Kier molecular flexibility index (Phi) is 7.25. The van der Waals surface area contributed by atoms with E-state index < -0.39 is 10.0 Å². The summed E-state index contributed by atoms with van der Waals surface area (Å²) in [6, 6.07) is 34.1. The number of hydrazone groups is 1. The number of rotatable bonds is 9. The van der Waals surface area contributed by atoms with Crippen molar-refractivity contribution < 1.29 is 13.2 Å². The van der Waals surface area contributed by atoms with Crippen LogP contribution in [0.3, 0.4) is 0 Å². The van der Waals surface area contributed by atoms with Crippen molar-refractivity contribution in [3.63, 3.8) is 0 Å². The number of nitrogens with zero attached hydrogens (tertiary/aromatic N) is 2. The second-order valence-corrected chi connectivity index (χ2v) is 9.02. The summed E-state index contributed by atoms with van der Waals surface area (Å²) < 4.78 is 30.3. The molecule has 4 aromatic rings. The minimum Gasteiger partial charge on any atom is -0.494 e. The molecule has 0 bridgehead atoms. The third-order valence-electron chi connectivity index (χ3n) is 5.01. The first kappa shape index (κ1) is 23.1. The zero-order chi connectivity index (χ0) is 23.8. The Morgan fingerprint density at radius 1 is 0.765 bits per heavy atom. The van der Waals surface area contributed by atoms with E-state index >= 15 is 0 Å². The van der Waals surface area contributed by atoms with E-state index in [1.54, 1.807) is 12.1 Å². The Morgan fingerprint density at radius 2 is 1.29 bits per heavy atom. The Morgan fingerprint density at radius 3 is 1.82 bits per heavy atom. The van der Waals surface area contributed by atoms with E-state index in [0.29, 0.717) is 12.4 Å². The molecule has 34 heavy (non-hydrogen) atoms. The number of sulfonamides is 1. The lowest BCUT2D eigenvalue weighted by molar-refractivity contribution is 0.340. The lowest BCUT2D eigenvalue weighted by Gasteiger charge is -2.25. The largest absolute Gasteiger partial charge is 0.494 e. The van der Waals surface area contributed by atoms with Crippen molar-refractivity contribution >= 4 is 33.3 Å². The summed E-state index contributed by atoms with van der Waals surface area (Å²) in [7, 11) is -3.77. The summed E-state index contributed by atoms with van der Waals surface area (Å²) >= 11 is 0. The molecule has 7 heteroatoms. The summed E-state index contributed by atoms with van der Waals surface area (Å²) in [5.74, 6) is 0.616. The quantitative estimate of drug-likeness (QED) is 0.245. The SMILES string of the molecule is CCOc1ccc(S(=O)(=O)NN=Cc2ccc(N(c3ccccc3)c3ccccc3)cc2)cc1. The van der Waals surface area contributed by atoms with E-state index in [1.807, 2.05) is 67.6 Å². The average molecular weight is 472 g/mol. The molecule has 6 nitrogen and oxygen atoms in total. The van der Waals surface area contributed by atoms with Crippen LogP contribution in [-0.4, -0.2) is 21.2 Å². The van der Waals surface area contributed by atoms with Gasteiger partial charge in [-0.3, -0.25) is 0 Å². The summed E-state index contributed by atoms with van der Waals surface area (Å²) in [6.07, 6.45) is 1.48. The van der Waals surface area contributed by atoms with Crippen molar-refractivity contribution in [2.75, 3.05) is 11.5 Å². The first-order valence-corrected chi connectivity index (χ1v) is 12.3. The van der Waals surface area contributed by atoms with Gasteiger partial charge in [0.05, 0.1) is 17.7 Å². The predicted molar refractivity (Wildman–Crippen MR) is 137 cm³/mol. The van der Waals surface area contributed by atoms with Crippen molar-refractivity contribution in [1.82, 2.24) is 4.83 Å².